The molecule has 0 saturated carbocycles. The lowest BCUT2D eigenvalue weighted by Gasteiger charge is -2.25. The van der Waals surface area contributed by atoms with Crippen molar-refractivity contribution in [3.63, 3.8) is 0 Å². The predicted molar refractivity (Wildman–Crippen MR) is 128 cm³/mol. The number of benzene rings is 1. The Labute approximate surface area is 186 Å². The summed E-state index contributed by atoms with van der Waals surface area (Å²) in [6, 6.07) is 10.6. The number of hydrogen-bond donors (Lipinski definition) is 1. The Hall–Kier alpha value is -1.77. The molecular weight excluding hydrogens is 463 g/mol. The summed E-state index contributed by atoms with van der Waals surface area (Å²) in [6.45, 7) is 7.27. The Morgan fingerprint density at radius 2 is 2.11 bits per heavy atom. The highest BCUT2D eigenvalue weighted by Crippen LogP contribution is 2.26. The average Bonchev–Trinajstić information content (AvgIpc) is 3.35. The quantitative estimate of drug-likeness (QED) is 0.277. The van der Waals surface area contributed by atoms with Gasteiger partial charge in [0.1, 0.15) is 0 Å². The number of guanidine groups is 1. The predicted octanol–water partition coefficient (Wildman–Crippen LogP) is 3.32. The van der Waals surface area contributed by atoms with Gasteiger partial charge in [-0.25, -0.2) is 0 Å². The molecule has 0 spiro atoms. The molecule has 1 aromatic heterocycles. The first-order chi connectivity index (χ1) is 13.2. The van der Waals surface area contributed by atoms with Gasteiger partial charge in [-0.1, -0.05) is 18.2 Å². The van der Waals surface area contributed by atoms with Gasteiger partial charge in [-0.05, 0) is 37.5 Å². The summed E-state index contributed by atoms with van der Waals surface area (Å²) in [5.74, 6) is 1.56. The van der Waals surface area contributed by atoms with Crippen LogP contribution in [0.2, 0.25) is 0 Å². The van der Waals surface area contributed by atoms with Crippen molar-refractivity contribution in [3.8, 4) is 0 Å². The molecule has 1 aromatic carbocycles. The SMILES string of the molecule is CCN(CCCNC(=NC)N1CCC(c2cnn(C)c2)C1)c1ccccc1.I. The Balaban J connectivity index is 0.00000280. The molecule has 1 saturated heterocycles. The van der Waals surface area contributed by atoms with Crippen molar-refractivity contribution in [1.82, 2.24) is 20.0 Å². The number of hydrogen-bond acceptors (Lipinski definition) is 3. The summed E-state index contributed by atoms with van der Waals surface area (Å²) in [4.78, 5) is 9.28. The van der Waals surface area contributed by atoms with E-state index in [1.165, 1.54) is 11.3 Å². The molecule has 2 aromatic rings. The van der Waals surface area contributed by atoms with Crippen molar-refractivity contribution in [1.29, 1.82) is 0 Å². The zero-order chi connectivity index (χ0) is 19.1. The van der Waals surface area contributed by atoms with Gasteiger partial charge in [0.2, 0.25) is 0 Å². The van der Waals surface area contributed by atoms with Crippen molar-refractivity contribution in [2.45, 2.75) is 25.7 Å². The van der Waals surface area contributed by atoms with E-state index in [4.69, 9.17) is 0 Å². The number of aromatic nitrogens is 2. The fourth-order valence-electron chi connectivity index (χ4n) is 3.79. The minimum atomic E-state index is 0. The Kier molecular flexibility index (Phi) is 9.08. The topological polar surface area (TPSA) is 48.7 Å². The summed E-state index contributed by atoms with van der Waals surface area (Å²) in [5.41, 5.74) is 2.63. The lowest BCUT2D eigenvalue weighted by Crippen LogP contribution is -2.41. The molecule has 154 valence electrons. The van der Waals surface area contributed by atoms with Crippen LogP contribution in [-0.2, 0) is 7.05 Å². The zero-order valence-electron chi connectivity index (χ0n) is 17.2. The Morgan fingerprint density at radius 1 is 1.32 bits per heavy atom. The number of aliphatic imine (C=N–C) groups is 1. The summed E-state index contributed by atoms with van der Waals surface area (Å²) < 4.78 is 1.89. The number of nitrogens with zero attached hydrogens (tertiary/aromatic N) is 5. The molecule has 28 heavy (non-hydrogen) atoms. The zero-order valence-corrected chi connectivity index (χ0v) is 19.5. The molecule has 6 nitrogen and oxygen atoms in total. The van der Waals surface area contributed by atoms with Crippen LogP contribution in [0.1, 0.15) is 31.2 Å². The lowest BCUT2D eigenvalue weighted by atomic mass is 10.0. The maximum Gasteiger partial charge on any atom is 0.193 e. The molecule has 7 heteroatoms. The van der Waals surface area contributed by atoms with Gasteiger partial charge >= 0.3 is 0 Å². The van der Waals surface area contributed by atoms with Gasteiger partial charge in [0, 0.05) is 64.6 Å². The minimum Gasteiger partial charge on any atom is -0.372 e. The van der Waals surface area contributed by atoms with Crippen LogP contribution in [-0.4, -0.2) is 60.4 Å². The summed E-state index contributed by atoms with van der Waals surface area (Å²) in [6.07, 6.45) is 6.37. The second-order valence-electron chi connectivity index (χ2n) is 7.12. The number of aryl methyl sites for hydroxylation is 1. The Bertz CT molecular complexity index is 730. The first-order valence-electron chi connectivity index (χ1n) is 9.95. The lowest BCUT2D eigenvalue weighted by molar-refractivity contribution is 0.485. The molecular formula is C21H33IN6. The maximum atomic E-state index is 4.50. The second kappa shape index (κ2) is 11.3. The van der Waals surface area contributed by atoms with Gasteiger partial charge in [-0.15, -0.1) is 24.0 Å². The van der Waals surface area contributed by atoms with Crippen LogP contribution in [0.4, 0.5) is 5.69 Å². The molecule has 1 fully saturated rings. The summed E-state index contributed by atoms with van der Waals surface area (Å²) in [7, 11) is 3.85. The van der Waals surface area contributed by atoms with Crippen LogP contribution in [0.25, 0.3) is 0 Å². The van der Waals surface area contributed by atoms with E-state index in [1.807, 2.05) is 25.0 Å². The molecule has 1 aliphatic rings. The molecule has 0 radical (unpaired) electrons. The third-order valence-electron chi connectivity index (χ3n) is 5.29. The third kappa shape index (κ3) is 5.86. The van der Waals surface area contributed by atoms with Crippen LogP contribution in [0.15, 0.2) is 47.7 Å². The van der Waals surface area contributed by atoms with E-state index < -0.39 is 0 Å². The van der Waals surface area contributed by atoms with Crippen LogP contribution < -0.4 is 10.2 Å². The van der Waals surface area contributed by atoms with E-state index in [0.29, 0.717) is 5.92 Å². The largest absolute Gasteiger partial charge is 0.372 e. The van der Waals surface area contributed by atoms with Gasteiger partial charge in [0.05, 0.1) is 6.20 Å². The maximum absolute atomic E-state index is 4.50. The van der Waals surface area contributed by atoms with E-state index in [2.05, 4.69) is 68.7 Å². The van der Waals surface area contributed by atoms with E-state index in [1.54, 1.807) is 0 Å². The molecule has 3 rings (SSSR count). The first kappa shape index (κ1) is 22.5. The minimum absolute atomic E-state index is 0. The van der Waals surface area contributed by atoms with E-state index >= 15 is 0 Å². The van der Waals surface area contributed by atoms with E-state index in [9.17, 15) is 0 Å². The summed E-state index contributed by atoms with van der Waals surface area (Å²) in [5, 5.41) is 7.86. The third-order valence-corrected chi connectivity index (χ3v) is 5.29. The van der Waals surface area contributed by atoms with Crippen LogP contribution in [0, 0.1) is 0 Å². The van der Waals surface area contributed by atoms with Crippen molar-refractivity contribution in [2.24, 2.45) is 12.0 Å². The highest BCUT2D eigenvalue weighted by molar-refractivity contribution is 14.0. The van der Waals surface area contributed by atoms with E-state index in [-0.39, 0.29) is 24.0 Å². The highest BCUT2D eigenvalue weighted by atomic mass is 127. The normalized spacial score (nSPS) is 16.8. The van der Waals surface area contributed by atoms with Gasteiger partial charge in [0.15, 0.2) is 5.96 Å². The van der Waals surface area contributed by atoms with Crippen molar-refractivity contribution in [3.05, 3.63) is 48.3 Å². The number of rotatable bonds is 7. The molecule has 0 bridgehead atoms. The molecule has 2 heterocycles. The Morgan fingerprint density at radius 3 is 2.75 bits per heavy atom. The van der Waals surface area contributed by atoms with Crippen LogP contribution >= 0.6 is 24.0 Å². The first-order valence-corrected chi connectivity index (χ1v) is 9.95. The number of likely N-dealkylation sites (tertiary alicyclic amines) is 1. The summed E-state index contributed by atoms with van der Waals surface area (Å²) >= 11 is 0. The number of para-hydroxylation sites is 1. The fraction of sp³-hybridized carbons (Fsp3) is 0.524. The van der Waals surface area contributed by atoms with E-state index in [0.717, 1.165) is 51.5 Å². The smallest absolute Gasteiger partial charge is 0.193 e. The van der Waals surface area contributed by atoms with Gasteiger partial charge < -0.3 is 15.1 Å². The van der Waals surface area contributed by atoms with Crippen LogP contribution in [0.5, 0.6) is 0 Å². The number of anilines is 1. The second-order valence-corrected chi connectivity index (χ2v) is 7.12. The standard InChI is InChI=1S/C21H32N6.HI/c1-4-26(20-9-6-5-7-10-20)13-8-12-23-21(22-2)27-14-11-18(17-27)19-15-24-25(3)16-19;/h5-7,9-10,15-16,18H,4,8,11-14,17H2,1-3H3,(H,22,23);1H. The van der Waals surface area contributed by atoms with Gasteiger partial charge in [-0.3, -0.25) is 9.67 Å². The molecule has 1 aliphatic heterocycles. The van der Waals surface area contributed by atoms with Crippen LogP contribution in [0.3, 0.4) is 0 Å². The fourth-order valence-corrected chi connectivity index (χ4v) is 3.79. The monoisotopic (exact) mass is 496 g/mol. The average molecular weight is 496 g/mol. The molecule has 0 aliphatic carbocycles. The van der Waals surface area contributed by atoms with Crippen molar-refractivity contribution in [2.75, 3.05) is 44.7 Å². The number of halogens is 1. The van der Waals surface area contributed by atoms with Gasteiger partial charge in [-0.2, -0.15) is 5.10 Å². The molecule has 1 unspecified atom stereocenters. The molecule has 1 atom stereocenters. The molecule has 1 N–H and O–H groups in total. The van der Waals surface area contributed by atoms with Crippen molar-refractivity contribution < 1.29 is 0 Å². The highest BCUT2D eigenvalue weighted by Gasteiger charge is 2.26. The number of nitrogens with one attached hydrogen (secondary N) is 1. The molecule has 0 amide bonds. The van der Waals surface area contributed by atoms with Crippen molar-refractivity contribution >= 4 is 35.6 Å². The van der Waals surface area contributed by atoms with Gasteiger partial charge in [0.25, 0.3) is 0 Å².